The Labute approximate surface area is 212 Å². The Morgan fingerprint density at radius 1 is 1.09 bits per heavy atom. The fourth-order valence-electron chi connectivity index (χ4n) is 4.70. The van der Waals surface area contributed by atoms with Crippen LogP contribution in [0.1, 0.15) is 57.6 Å². The smallest absolute Gasteiger partial charge is 0.179 e. The molecular weight excluding hydrogens is 469 g/mol. The molecule has 4 rings (SSSR count). The zero-order chi connectivity index (χ0) is 23.8. The summed E-state index contributed by atoms with van der Waals surface area (Å²) < 4.78 is 0. The van der Waals surface area contributed by atoms with Crippen LogP contribution in [0.5, 0.6) is 0 Å². The van der Waals surface area contributed by atoms with Gasteiger partial charge in [0.15, 0.2) is 5.11 Å². The molecular formula is C27H31Cl2N3S. The second-order valence-electron chi connectivity index (χ2n) is 10.2. The molecule has 174 valence electrons. The molecule has 33 heavy (non-hydrogen) atoms. The van der Waals surface area contributed by atoms with Crippen molar-refractivity contribution in [2.24, 2.45) is 10.4 Å². The molecule has 6 heteroatoms. The third kappa shape index (κ3) is 4.99. The van der Waals surface area contributed by atoms with E-state index >= 15 is 0 Å². The zero-order valence-corrected chi connectivity index (χ0v) is 22.0. The lowest BCUT2D eigenvalue weighted by molar-refractivity contribution is 0.366. The molecule has 0 amide bonds. The van der Waals surface area contributed by atoms with Gasteiger partial charge in [0.05, 0.1) is 6.04 Å². The Morgan fingerprint density at radius 2 is 1.76 bits per heavy atom. The molecule has 3 nitrogen and oxygen atoms in total. The maximum Gasteiger partial charge on any atom is 0.179 e. The minimum Gasteiger partial charge on any atom is -0.319 e. The maximum atomic E-state index is 6.41. The Hall–Kier alpha value is -1.88. The summed E-state index contributed by atoms with van der Waals surface area (Å²) in [6.45, 7) is 8.74. The minimum absolute atomic E-state index is 0.0509. The van der Waals surface area contributed by atoms with Gasteiger partial charge in [0.25, 0.3) is 0 Å². The molecule has 1 spiro atoms. The lowest BCUT2D eigenvalue weighted by atomic mass is 9.86. The molecule has 2 aromatic rings. The molecule has 2 aliphatic rings. The highest BCUT2D eigenvalue weighted by Crippen LogP contribution is 2.43. The summed E-state index contributed by atoms with van der Waals surface area (Å²) in [5, 5.41) is 5.50. The predicted octanol–water partition coefficient (Wildman–Crippen LogP) is 7.84. The number of amidine groups is 1. The van der Waals surface area contributed by atoms with Crippen LogP contribution >= 0.6 is 35.4 Å². The van der Waals surface area contributed by atoms with E-state index in [-0.39, 0.29) is 17.0 Å². The molecule has 1 atom stereocenters. The summed E-state index contributed by atoms with van der Waals surface area (Å²) in [7, 11) is 0. The number of hydrogen-bond acceptors (Lipinski definition) is 2. The molecule has 1 saturated carbocycles. The number of rotatable bonds is 4. The van der Waals surface area contributed by atoms with E-state index in [0.717, 1.165) is 35.0 Å². The molecule has 2 aromatic carbocycles. The van der Waals surface area contributed by atoms with Crippen molar-refractivity contribution in [3.05, 3.63) is 69.7 Å². The number of aryl methyl sites for hydroxylation is 1. The second-order valence-corrected chi connectivity index (χ2v) is 11.4. The van der Waals surface area contributed by atoms with E-state index in [1.807, 2.05) is 18.2 Å². The molecule has 1 aliphatic heterocycles. The molecule has 0 aromatic heterocycles. The van der Waals surface area contributed by atoms with Crippen LogP contribution in [0.4, 0.5) is 5.69 Å². The largest absolute Gasteiger partial charge is 0.319 e. The molecule has 1 heterocycles. The standard InChI is InChI=1S/C27H31Cl2N3S/c1-18-7-12-21(13-8-18)32-25(33)31-24(27(32)15-5-6-16-27)30-23(26(2,3)4)14-10-19-9-11-20(28)17-22(19)29/h7-14,17,23H,5-6,15-16H2,1-4H3,(H,30,31,33)/b14-10+. The van der Waals surface area contributed by atoms with Crippen molar-refractivity contribution in [3.8, 4) is 0 Å². The van der Waals surface area contributed by atoms with E-state index in [4.69, 9.17) is 40.4 Å². The van der Waals surface area contributed by atoms with Crippen LogP contribution in [-0.2, 0) is 0 Å². The lowest BCUT2D eigenvalue weighted by Gasteiger charge is -2.35. The van der Waals surface area contributed by atoms with Crippen molar-refractivity contribution in [1.82, 2.24) is 5.32 Å². The summed E-state index contributed by atoms with van der Waals surface area (Å²) in [6.07, 6.45) is 8.60. The number of aliphatic imine (C=N–C) groups is 1. The van der Waals surface area contributed by atoms with Crippen molar-refractivity contribution < 1.29 is 0 Å². The number of nitrogens with one attached hydrogen (secondary N) is 1. The number of nitrogens with zero attached hydrogens (tertiary/aromatic N) is 2. The van der Waals surface area contributed by atoms with Crippen molar-refractivity contribution in [2.75, 3.05) is 4.90 Å². The first-order chi connectivity index (χ1) is 15.6. The molecule has 1 saturated heterocycles. The van der Waals surface area contributed by atoms with Crippen LogP contribution in [-0.4, -0.2) is 22.5 Å². The van der Waals surface area contributed by atoms with Gasteiger partial charge in [0.2, 0.25) is 0 Å². The van der Waals surface area contributed by atoms with Gasteiger partial charge < -0.3 is 10.2 Å². The number of benzene rings is 2. The van der Waals surface area contributed by atoms with Gasteiger partial charge in [0, 0.05) is 15.7 Å². The Bertz CT molecular complexity index is 1090. The van der Waals surface area contributed by atoms with E-state index in [2.05, 4.69) is 68.3 Å². The van der Waals surface area contributed by atoms with Gasteiger partial charge in [-0.05, 0) is 67.2 Å². The molecule has 0 bridgehead atoms. The van der Waals surface area contributed by atoms with E-state index in [0.29, 0.717) is 10.0 Å². The van der Waals surface area contributed by atoms with Crippen LogP contribution < -0.4 is 10.2 Å². The summed E-state index contributed by atoms with van der Waals surface area (Å²) in [4.78, 5) is 7.61. The summed E-state index contributed by atoms with van der Waals surface area (Å²) >= 11 is 18.3. The van der Waals surface area contributed by atoms with E-state index in [9.17, 15) is 0 Å². The second kappa shape index (κ2) is 9.40. The van der Waals surface area contributed by atoms with E-state index in [1.165, 1.54) is 18.4 Å². The number of halogens is 2. The third-order valence-corrected chi connectivity index (χ3v) is 7.44. The first kappa shape index (κ1) is 24.3. The molecule has 1 aliphatic carbocycles. The Balaban J connectivity index is 1.73. The van der Waals surface area contributed by atoms with Gasteiger partial charge in [-0.25, -0.2) is 0 Å². The van der Waals surface area contributed by atoms with Crippen LogP contribution in [0.15, 0.2) is 53.5 Å². The van der Waals surface area contributed by atoms with Crippen LogP contribution in [0, 0.1) is 12.3 Å². The first-order valence-electron chi connectivity index (χ1n) is 11.5. The highest BCUT2D eigenvalue weighted by molar-refractivity contribution is 7.80. The number of anilines is 1. The van der Waals surface area contributed by atoms with E-state index in [1.54, 1.807) is 6.07 Å². The zero-order valence-electron chi connectivity index (χ0n) is 19.7. The van der Waals surface area contributed by atoms with Crippen LogP contribution in [0.3, 0.4) is 0 Å². The maximum absolute atomic E-state index is 6.41. The average molecular weight is 501 g/mol. The van der Waals surface area contributed by atoms with Gasteiger partial charge in [-0.15, -0.1) is 0 Å². The Morgan fingerprint density at radius 3 is 2.36 bits per heavy atom. The van der Waals surface area contributed by atoms with Gasteiger partial charge in [0.1, 0.15) is 11.4 Å². The topological polar surface area (TPSA) is 27.6 Å². The predicted molar refractivity (Wildman–Crippen MR) is 147 cm³/mol. The molecule has 1 unspecified atom stereocenters. The van der Waals surface area contributed by atoms with Gasteiger partial charge in [-0.1, -0.05) is 92.7 Å². The fraction of sp³-hybridized carbons (Fsp3) is 0.407. The molecule has 2 fully saturated rings. The van der Waals surface area contributed by atoms with Gasteiger partial charge in [-0.3, -0.25) is 4.99 Å². The summed E-state index contributed by atoms with van der Waals surface area (Å²) in [6, 6.07) is 14.1. The minimum atomic E-state index is -0.207. The normalized spacial score (nSPS) is 20.2. The number of hydrogen-bond donors (Lipinski definition) is 1. The van der Waals surface area contributed by atoms with Crippen molar-refractivity contribution in [3.63, 3.8) is 0 Å². The number of thiocarbonyl (C=S) groups is 1. The third-order valence-electron chi connectivity index (χ3n) is 6.60. The first-order valence-corrected chi connectivity index (χ1v) is 12.7. The van der Waals surface area contributed by atoms with Crippen molar-refractivity contribution in [1.29, 1.82) is 0 Å². The fourth-order valence-corrected chi connectivity index (χ4v) is 5.55. The summed E-state index contributed by atoms with van der Waals surface area (Å²) in [5.41, 5.74) is 3.01. The van der Waals surface area contributed by atoms with E-state index < -0.39 is 0 Å². The van der Waals surface area contributed by atoms with Gasteiger partial charge in [-0.2, -0.15) is 0 Å². The highest BCUT2D eigenvalue weighted by atomic mass is 35.5. The molecule has 1 N–H and O–H groups in total. The monoisotopic (exact) mass is 499 g/mol. The molecule has 0 radical (unpaired) electrons. The van der Waals surface area contributed by atoms with Crippen molar-refractivity contribution in [2.45, 2.75) is 65.0 Å². The van der Waals surface area contributed by atoms with Crippen LogP contribution in [0.25, 0.3) is 6.08 Å². The SMILES string of the molecule is Cc1ccc(N2C(=S)NC(=NC(/C=C/c3ccc(Cl)cc3Cl)C(C)(C)C)C23CCCC3)cc1. The Kier molecular flexibility index (Phi) is 6.91. The quantitative estimate of drug-likeness (QED) is 0.434. The van der Waals surface area contributed by atoms with Crippen molar-refractivity contribution >= 4 is 58.1 Å². The highest BCUT2D eigenvalue weighted by Gasteiger charge is 2.51. The lowest BCUT2D eigenvalue weighted by Crippen LogP contribution is -2.48. The summed E-state index contributed by atoms with van der Waals surface area (Å²) in [5.74, 6) is 0.984. The van der Waals surface area contributed by atoms with Crippen LogP contribution in [0.2, 0.25) is 10.0 Å². The average Bonchev–Trinajstić information content (AvgIpc) is 3.32. The van der Waals surface area contributed by atoms with Gasteiger partial charge >= 0.3 is 0 Å².